The number of hydrogen-bond acceptors (Lipinski definition) is 22. The van der Waals surface area contributed by atoms with Gasteiger partial charge in [-0.25, -0.2) is 0 Å². The minimum Gasteiger partial charge on any atom is -0.432 e. The molecule has 4 saturated carbocycles. The molecule has 29 atom stereocenters. The van der Waals surface area contributed by atoms with Crippen LogP contribution >= 0.6 is 0 Å². The van der Waals surface area contributed by atoms with Gasteiger partial charge in [-0.2, -0.15) is 0 Å². The summed E-state index contributed by atoms with van der Waals surface area (Å²) in [5.74, 6) is -1.35. The van der Waals surface area contributed by atoms with Crippen molar-refractivity contribution in [2.24, 2.45) is 50.7 Å². The Morgan fingerprint density at radius 1 is 0.640 bits per heavy atom. The van der Waals surface area contributed by atoms with Crippen LogP contribution in [0.2, 0.25) is 0 Å². The lowest BCUT2D eigenvalue weighted by molar-refractivity contribution is -0.364. The van der Waals surface area contributed by atoms with Crippen molar-refractivity contribution in [1.82, 2.24) is 0 Å². The fourth-order valence-electron chi connectivity index (χ4n) is 16.3. The number of ether oxygens (including phenoxy) is 8. The van der Waals surface area contributed by atoms with Crippen LogP contribution in [0.25, 0.3) is 0 Å². The predicted molar refractivity (Wildman–Crippen MR) is 257 cm³/mol. The molecule has 9 rings (SSSR count). The van der Waals surface area contributed by atoms with Crippen molar-refractivity contribution < 1.29 is 109 Å². The van der Waals surface area contributed by atoms with E-state index in [4.69, 9.17) is 37.9 Å². The second-order valence-corrected chi connectivity index (χ2v) is 25.5. The molecule has 430 valence electrons. The van der Waals surface area contributed by atoms with Crippen molar-refractivity contribution in [2.75, 3.05) is 19.8 Å². The normalized spacial score (nSPS) is 55.8. The van der Waals surface area contributed by atoms with Gasteiger partial charge in [0.25, 0.3) is 0 Å². The van der Waals surface area contributed by atoms with Gasteiger partial charge in [0.1, 0.15) is 85.5 Å². The zero-order valence-corrected chi connectivity index (χ0v) is 44.4. The highest BCUT2D eigenvalue weighted by molar-refractivity contribution is 5.79. The Morgan fingerprint density at radius 2 is 1.27 bits per heavy atom. The fourth-order valence-corrected chi connectivity index (χ4v) is 16.3. The maximum atomic E-state index is 15.1. The molecular formula is C53H86O22. The largest absolute Gasteiger partial charge is 0.432 e. The van der Waals surface area contributed by atoms with Crippen molar-refractivity contribution in [1.29, 1.82) is 0 Å². The van der Waals surface area contributed by atoms with Crippen molar-refractivity contribution in [3.05, 3.63) is 11.6 Å². The molecule has 0 aromatic heterocycles. The monoisotopic (exact) mass is 1070 g/mol. The first-order valence-electron chi connectivity index (χ1n) is 27.3. The molecular weight excluding hydrogens is 989 g/mol. The summed E-state index contributed by atoms with van der Waals surface area (Å²) in [6.07, 6.45) is -21.8. The molecule has 0 radical (unpaired) electrons. The Labute approximate surface area is 437 Å². The summed E-state index contributed by atoms with van der Waals surface area (Å²) in [5, 5.41) is 140. The molecule has 8 fully saturated rings. The van der Waals surface area contributed by atoms with Gasteiger partial charge in [0, 0.05) is 5.92 Å². The van der Waals surface area contributed by atoms with Gasteiger partial charge in [0.15, 0.2) is 18.9 Å². The van der Waals surface area contributed by atoms with Gasteiger partial charge in [-0.1, -0.05) is 53.2 Å². The van der Waals surface area contributed by atoms with Crippen molar-refractivity contribution >= 4 is 5.97 Å². The number of hydrogen-bond donors (Lipinski definition) is 13. The first-order valence-corrected chi connectivity index (χ1v) is 27.3. The standard InChI is InChI=1S/C53H86O22/c1-22-11-16-53(47(66)75-45-40(65)37(62)34(59)27(72-45)21-69-43-38(63)36(61)33(58)26(19-54)71-43)18-17-50(6)24(42(53)52(22,8)67)9-10-29-49(5)14-13-30(48(3,4)28(49)12-15-51(29,50)7)73-46-41(32(57)25(55)20-68-46)74-44-39(64)35(60)31(56)23(2)70-44/h9,22-23,25-46,54-65,67H,10-21H2,1-8H3/t22-,23+,25-,26-,27-,28+,29-,30+,31+,32+,33-,34-,35-,36-,37+,38-,39-,40-,41-,42+,43-,44+,45+,46+,49+,50-,51-,52-,53+/m1/s1. The highest BCUT2D eigenvalue weighted by Crippen LogP contribution is 2.76. The summed E-state index contributed by atoms with van der Waals surface area (Å²) < 4.78 is 47.7. The van der Waals surface area contributed by atoms with Gasteiger partial charge in [-0.15, -0.1) is 0 Å². The SMILES string of the molecule is C[C@@H]1O[C@@H](O[C@H]2[C@H](O[C@H]3CC[C@]4(C)[C@H]5CC=C6[C@@H]7[C@](C(=O)O[C@@H]8O[C@H](CO[C@@H]9O[C@H](CO)[C@@H](O)[C@@H](O)[C@H]9O)[C@@H](O)[C@H](O)[C@H]8O)(CC[C@@H](C)[C@@]7(C)O)CC[C@@]6(C)[C@]5(C)CC[C@H]4C3(C)C)OC[C@@H](O)[C@@H]2O)[C@H](O)[C@H](O)[C@H]1O. The highest BCUT2D eigenvalue weighted by atomic mass is 16.8. The number of carbonyl (C=O) groups excluding carboxylic acids is 1. The van der Waals surface area contributed by atoms with E-state index in [1.807, 2.05) is 6.92 Å². The Bertz CT molecular complexity index is 2080. The smallest absolute Gasteiger partial charge is 0.315 e. The number of allylic oxidation sites excluding steroid dienone is 1. The van der Waals surface area contributed by atoms with Gasteiger partial charge < -0.3 is 104 Å². The first-order chi connectivity index (χ1) is 35.0. The molecule has 0 aromatic rings. The van der Waals surface area contributed by atoms with Gasteiger partial charge in [0.2, 0.25) is 6.29 Å². The van der Waals surface area contributed by atoms with E-state index in [1.54, 1.807) is 6.92 Å². The highest BCUT2D eigenvalue weighted by Gasteiger charge is 2.72. The summed E-state index contributed by atoms with van der Waals surface area (Å²) in [6, 6.07) is 0. The van der Waals surface area contributed by atoms with E-state index in [-0.39, 0.29) is 35.2 Å². The Morgan fingerprint density at radius 3 is 1.95 bits per heavy atom. The molecule has 0 amide bonds. The summed E-state index contributed by atoms with van der Waals surface area (Å²) in [7, 11) is 0. The molecule has 4 saturated heterocycles. The fraction of sp³-hybridized carbons (Fsp3) is 0.943. The van der Waals surface area contributed by atoms with Crippen LogP contribution in [0.1, 0.15) is 113 Å². The third kappa shape index (κ3) is 9.21. The van der Waals surface area contributed by atoms with Crippen LogP contribution in [0.15, 0.2) is 11.6 Å². The zero-order valence-electron chi connectivity index (χ0n) is 44.4. The van der Waals surface area contributed by atoms with E-state index < -0.39 is 170 Å². The van der Waals surface area contributed by atoms with Crippen molar-refractivity contribution in [3.63, 3.8) is 0 Å². The van der Waals surface area contributed by atoms with E-state index in [2.05, 4.69) is 40.7 Å². The van der Waals surface area contributed by atoms with E-state index in [9.17, 15) is 66.4 Å². The summed E-state index contributed by atoms with van der Waals surface area (Å²) >= 11 is 0. The molecule has 4 aliphatic heterocycles. The second kappa shape index (κ2) is 20.7. The lowest BCUT2D eigenvalue weighted by Gasteiger charge is -2.72. The van der Waals surface area contributed by atoms with Gasteiger partial charge >= 0.3 is 5.97 Å². The van der Waals surface area contributed by atoms with Crippen LogP contribution in [0.4, 0.5) is 0 Å². The molecule has 5 aliphatic carbocycles. The Kier molecular flexibility index (Phi) is 16.1. The minimum absolute atomic E-state index is 0.137. The van der Waals surface area contributed by atoms with Gasteiger partial charge in [-0.3, -0.25) is 4.79 Å². The lowest BCUT2D eigenvalue weighted by Crippen LogP contribution is -2.68. The molecule has 0 aromatic carbocycles. The minimum atomic E-state index is -1.89. The van der Waals surface area contributed by atoms with Crippen LogP contribution in [0.3, 0.4) is 0 Å². The lowest BCUT2D eigenvalue weighted by atomic mass is 9.33. The quantitative estimate of drug-likeness (QED) is 0.0680. The van der Waals surface area contributed by atoms with Crippen LogP contribution in [0, 0.1) is 50.7 Å². The average molecular weight is 1080 g/mol. The topological polar surface area (TPSA) is 354 Å². The molecule has 0 bridgehead atoms. The third-order valence-electron chi connectivity index (χ3n) is 21.4. The van der Waals surface area contributed by atoms with E-state index in [0.29, 0.717) is 38.5 Å². The number of aliphatic hydroxyl groups excluding tert-OH is 12. The molecule has 13 N–H and O–H groups in total. The molecule has 75 heavy (non-hydrogen) atoms. The Balaban J connectivity index is 0.937. The number of rotatable bonds is 10. The third-order valence-corrected chi connectivity index (χ3v) is 21.4. The van der Waals surface area contributed by atoms with Gasteiger partial charge in [0.05, 0.1) is 43.0 Å². The summed E-state index contributed by atoms with van der Waals surface area (Å²) in [6.45, 7) is 15.1. The van der Waals surface area contributed by atoms with Crippen LogP contribution in [0.5, 0.6) is 0 Å². The van der Waals surface area contributed by atoms with E-state index in [0.717, 1.165) is 24.8 Å². The first kappa shape index (κ1) is 58.1. The number of fused-ring (bicyclic) bond motifs is 7. The maximum absolute atomic E-state index is 15.1. The molecule has 4 heterocycles. The molecule has 22 nitrogen and oxygen atoms in total. The molecule has 9 aliphatic rings. The average Bonchev–Trinajstić information content (AvgIpc) is 3.36. The van der Waals surface area contributed by atoms with Crippen molar-refractivity contribution in [3.8, 4) is 0 Å². The van der Waals surface area contributed by atoms with E-state index in [1.165, 1.54) is 6.92 Å². The van der Waals surface area contributed by atoms with Crippen LogP contribution in [-0.2, 0) is 42.7 Å². The maximum Gasteiger partial charge on any atom is 0.315 e. The second-order valence-electron chi connectivity index (χ2n) is 25.5. The van der Waals surface area contributed by atoms with Gasteiger partial charge in [-0.05, 0) is 111 Å². The van der Waals surface area contributed by atoms with E-state index >= 15 is 4.79 Å². The molecule has 0 spiro atoms. The predicted octanol–water partition coefficient (Wildman–Crippen LogP) is -1.40. The number of carbonyl (C=O) groups is 1. The number of aliphatic hydroxyl groups is 13. The Hall–Kier alpha value is -1.59. The molecule has 0 unspecified atom stereocenters. The summed E-state index contributed by atoms with van der Waals surface area (Å²) in [5.41, 5.74) is -3.14. The number of esters is 1. The van der Waals surface area contributed by atoms with Crippen LogP contribution < -0.4 is 0 Å². The summed E-state index contributed by atoms with van der Waals surface area (Å²) in [4.78, 5) is 15.1. The van der Waals surface area contributed by atoms with Crippen molar-refractivity contribution in [2.45, 2.75) is 242 Å². The molecule has 22 heteroatoms. The van der Waals surface area contributed by atoms with Crippen LogP contribution in [-0.4, -0.2) is 221 Å². The zero-order chi connectivity index (χ0) is 54.9.